The molecule has 6 heteroatoms. The van der Waals surface area contributed by atoms with Crippen LogP contribution in [0.2, 0.25) is 0 Å². The van der Waals surface area contributed by atoms with E-state index in [1.807, 2.05) is 12.1 Å². The van der Waals surface area contributed by atoms with Crippen molar-refractivity contribution in [2.75, 3.05) is 19.6 Å². The number of hydrogen-bond acceptors (Lipinski definition) is 3. The van der Waals surface area contributed by atoms with E-state index in [9.17, 15) is 4.79 Å². The highest BCUT2D eigenvalue weighted by Crippen LogP contribution is 2.06. The normalized spacial score (nSPS) is 17.2. The third kappa shape index (κ3) is 6.76. The zero-order valence-electron chi connectivity index (χ0n) is 10.8. The monoisotopic (exact) mass is 305 g/mol. The lowest BCUT2D eigenvalue weighted by molar-refractivity contribution is -0.121. The number of nitrogens with zero attached hydrogens (tertiary/aromatic N) is 1. The number of nitrogens with one attached hydrogen (secondary N) is 2. The first-order chi connectivity index (χ1) is 8.34. The molecule has 2 N–H and O–H groups in total. The minimum atomic E-state index is 0. The van der Waals surface area contributed by atoms with E-state index in [0.717, 1.165) is 31.6 Å². The van der Waals surface area contributed by atoms with Crippen LogP contribution in [0.5, 0.6) is 0 Å². The summed E-state index contributed by atoms with van der Waals surface area (Å²) in [7, 11) is 0. The predicted molar refractivity (Wildman–Crippen MR) is 81.0 cm³/mol. The topological polar surface area (TPSA) is 54.0 Å². The second-order valence-corrected chi connectivity index (χ2v) is 4.52. The number of halogens is 2. The first kappa shape index (κ1) is 18.2. The summed E-state index contributed by atoms with van der Waals surface area (Å²) in [5.41, 5.74) is 1.16. The highest BCUT2D eigenvalue weighted by molar-refractivity contribution is 5.85. The van der Waals surface area contributed by atoms with Crippen LogP contribution in [0.4, 0.5) is 0 Å². The first-order valence-corrected chi connectivity index (χ1v) is 6.21. The van der Waals surface area contributed by atoms with Crippen molar-refractivity contribution in [2.45, 2.75) is 19.3 Å². The largest absolute Gasteiger partial charge is 0.356 e. The van der Waals surface area contributed by atoms with Crippen molar-refractivity contribution in [3.05, 3.63) is 30.1 Å². The van der Waals surface area contributed by atoms with Gasteiger partial charge in [0.15, 0.2) is 0 Å². The zero-order chi connectivity index (χ0) is 11.9. The Labute approximate surface area is 126 Å². The Kier molecular flexibility index (Phi) is 9.57. The van der Waals surface area contributed by atoms with E-state index in [4.69, 9.17) is 0 Å². The molecular weight excluding hydrogens is 285 g/mol. The average molecular weight is 306 g/mol. The fraction of sp³-hybridized carbons (Fsp3) is 0.538. The number of carbonyl (C=O) groups is 1. The number of rotatable bonds is 5. The van der Waals surface area contributed by atoms with Gasteiger partial charge < -0.3 is 10.6 Å². The number of hydrogen-bond donors (Lipinski definition) is 2. The maximum Gasteiger partial charge on any atom is 0.220 e. The van der Waals surface area contributed by atoms with Crippen LogP contribution in [0.25, 0.3) is 0 Å². The third-order valence-electron chi connectivity index (χ3n) is 3.14. The Balaban J connectivity index is 0.00000162. The summed E-state index contributed by atoms with van der Waals surface area (Å²) in [6.45, 7) is 2.92. The van der Waals surface area contributed by atoms with Gasteiger partial charge in [0, 0.05) is 25.4 Å². The van der Waals surface area contributed by atoms with E-state index in [2.05, 4.69) is 15.6 Å². The van der Waals surface area contributed by atoms with Crippen LogP contribution < -0.4 is 10.6 Å². The number of aryl methyl sites for hydroxylation is 1. The summed E-state index contributed by atoms with van der Waals surface area (Å²) in [4.78, 5) is 15.6. The predicted octanol–water partition coefficient (Wildman–Crippen LogP) is 1.58. The number of carbonyl (C=O) groups excluding carboxylic acids is 1. The van der Waals surface area contributed by atoms with E-state index in [0.29, 0.717) is 12.3 Å². The molecule has 1 aromatic heterocycles. The van der Waals surface area contributed by atoms with E-state index >= 15 is 0 Å². The molecule has 2 heterocycles. The zero-order valence-corrected chi connectivity index (χ0v) is 12.4. The van der Waals surface area contributed by atoms with Crippen LogP contribution in [0.3, 0.4) is 0 Å². The van der Waals surface area contributed by atoms with E-state index in [1.54, 1.807) is 12.4 Å². The van der Waals surface area contributed by atoms with Crippen molar-refractivity contribution in [1.82, 2.24) is 15.6 Å². The fourth-order valence-corrected chi connectivity index (χ4v) is 2.04. The lowest BCUT2D eigenvalue weighted by atomic mass is 10.1. The van der Waals surface area contributed by atoms with Crippen LogP contribution in [0.15, 0.2) is 24.5 Å². The number of pyridine rings is 1. The van der Waals surface area contributed by atoms with Crippen LogP contribution >= 0.6 is 24.8 Å². The molecule has 1 amide bonds. The molecule has 1 aromatic rings. The fourth-order valence-electron chi connectivity index (χ4n) is 2.04. The summed E-state index contributed by atoms with van der Waals surface area (Å²) < 4.78 is 0. The van der Waals surface area contributed by atoms with Crippen molar-refractivity contribution < 1.29 is 4.79 Å². The van der Waals surface area contributed by atoms with Crippen LogP contribution in [-0.2, 0) is 11.2 Å². The molecule has 2 rings (SSSR count). The number of amides is 1. The van der Waals surface area contributed by atoms with Gasteiger partial charge in [0.05, 0.1) is 0 Å². The summed E-state index contributed by atoms with van der Waals surface area (Å²) in [6, 6.07) is 3.91. The maximum absolute atomic E-state index is 11.6. The summed E-state index contributed by atoms with van der Waals surface area (Å²) in [5, 5.41) is 6.30. The van der Waals surface area contributed by atoms with E-state index < -0.39 is 0 Å². The Morgan fingerprint density at radius 1 is 1.37 bits per heavy atom. The molecule has 0 radical (unpaired) electrons. The molecule has 1 saturated heterocycles. The highest BCUT2D eigenvalue weighted by Gasteiger charge is 2.14. The molecule has 0 spiro atoms. The Morgan fingerprint density at radius 2 is 2.11 bits per heavy atom. The number of aromatic nitrogens is 1. The van der Waals surface area contributed by atoms with Gasteiger partial charge >= 0.3 is 0 Å². The van der Waals surface area contributed by atoms with Gasteiger partial charge in [-0.3, -0.25) is 9.78 Å². The molecule has 0 saturated carbocycles. The van der Waals surface area contributed by atoms with Gasteiger partial charge in [0.1, 0.15) is 0 Å². The second-order valence-electron chi connectivity index (χ2n) is 4.52. The van der Waals surface area contributed by atoms with Gasteiger partial charge in [0.25, 0.3) is 0 Å². The van der Waals surface area contributed by atoms with Crippen molar-refractivity contribution in [3.63, 3.8) is 0 Å². The summed E-state index contributed by atoms with van der Waals surface area (Å²) in [6.07, 6.45) is 6.04. The summed E-state index contributed by atoms with van der Waals surface area (Å²) >= 11 is 0. The van der Waals surface area contributed by atoms with E-state index in [-0.39, 0.29) is 30.7 Å². The molecule has 1 aliphatic heterocycles. The minimum Gasteiger partial charge on any atom is -0.356 e. The quantitative estimate of drug-likeness (QED) is 0.868. The van der Waals surface area contributed by atoms with Gasteiger partial charge in [-0.2, -0.15) is 0 Å². The lowest BCUT2D eigenvalue weighted by Crippen LogP contribution is -2.30. The van der Waals surface area contributed by atoms with Gasteiger partial charge in [-0.05, 0) is 49.5 Å². The highest BCUT2D eigenvalue weighted by atomic mass is 35.5. The van der Waals surface area contributed by atoms with Crippen molar-refractivity contribution in [2.24, 2.45) is 5.92 Å². The molecule has 1 aliphatic rings. The molecule has 0 aliphatic carbocycles. The molecule has 0 aromatic carbocycles. The Hall–Kier alpha value is -0.840. The average Bonchev–Trinajstić information content (AvgIpc) is 2.88. The Morgan fingerprint density at radius 3 is 2.74 bits per heavy atom. The minimum absolute atomic E-state index is 0. The molecule has 1 unspecified atom stereocenters. The van der Waals surface area contributed by atoms with E-state index in [1.165, 1.54) is 6.42 Å². The van der Waals surface area contributed by atoms with Crippen LogP contribution in [0.1, 0.15) is 18.4 Å². The molecule has 19 heavy (non-hydrogen) atoms. The van der Waals surface area contributed by atoms with Crippen molar-refractivity contribution in [1.29, 1.82) is 0 Å². The smallest absolute Gasteiger partial charge is 0.220 e. The molecule has 0 bridgehead atoms. The molecule has 4 nitrogen and oxygen atoms in total. The summed E-state index contributed by atoms with van der Waals surface area (Å²) in [5.74, 6) is 0.758. The first-order valence-electron chi connectivity index (χ1n) is 6.21. The van der Waals surface area contributed by atoms with Crippen molar-refractivity contribution in [3.8, 4) is 0 Å². The van der Waals surface area contributed by atoms with Crippen LogP contribution in [0, 0.1) is 5.92 Å². The molecule has 108 valence electrons. The molecular formula is C13H21Cl2N3O. The van der Waals surface area contributed by atoms with Crippen LogP contribution in [-0.4, -0.2) is 30.5 Å². The maximum atomic E-state index is 11.6. The lowest BCUT2D eigenvalue weighted by Gasteiger charge is -2.09. The Bertz CT molecular complexity index is 356. The van der Waals surface area contributed by atoms with Gasteiger partial charge in [-0.25, -0.2) is 0 Å². The van der Waals surface area contributed by atoms with Crippen molar-refractivity contribution >= 4 is 30.7 Å². The molecule has 1 fully saturated rings. The standard InChI is InChI=1S/C13H19N3O.2ClH/c17-13(16-10-12-5-8-15-9-12)2-1-11-3-6-14-7-4-11;;/h3-4,6-7,12,15H,1-2,5,8-10H2,(H,16,17);2*1H. The molecule has 1 atom stereocenters. The SMILES string of the molecule is Cl.Cl.O=C(CCc1ccncc1)NCC1CCNC1. The van der Waals surface area contributed by atoms with Gasteiger partial charge in [-0.1, -0.05) is 0 Å². The third-order valence-corrected chi connectivity index (χ3v) is 3.14. The van der Waals surface area contributed by atoms with Gasteiger partial charge in [0.2, 0.25) is 5.91 Å². The second kappa shape index (κ2) is 10.0. The van der Waals surface area contributed by atoms with Gasteiger partial charge in [-0.15, -0.1) is 24.8 Å².